The summed E-state index contributed by atoms with van der Waals surface area (Å²) in [5, 5.41) is 0. The number of hydrogen-bond donors (Lipinski definition) is 0. The fourth-order valence-electron chi connectivity index (χ4n) is 3.61. The lowest BCUT2D eigenvalue weighted by Gasteiger charge is -2.40. The molecule has 3 heterocycles. The second-order valence-corrected chi connectivity index (χ2v) is 8.53. The van der Waals surface area contributed by atoms with Crippen molar-refractivity contribution in [3.8, 4) is 0 Å². The SMILES string of the molecule is CCc1nc(C(F)F)ccc1S(=O)(=O)N1CCN(C2CCOCC2)CC1. The Hall–Kier alpha value is -1.16. The highest BCUT2D eigenvalue weighted by Crippen LogP contribution is 2.25. The minimum Gasteiger partial charge on any atom is -0.381 e. The van der Waals surface area contributed by atoms with Crippen LogP contribution in [-0.2, 0) is 21.2 Å². The van der Waals surface area contributed by atoms with Gasteiger partial charge in [-0.25, -0.2) is 17.2 Å². The van der Waals surface area contributed by atoms with Crippen molar-refractivity contribution in [2.24, 2.45) is 0 Å². The molecule has 0 radical (unpaired) electrons. The highest BCUT2D eigenvalue weighted by Gasteiger charge is 2.33. The average Bonchev–Trinajstić information content (AvgIpc) is 2.68. The van der Waals surface area contributed by atoms with Crippen LogP contribution < -0.4 is 0 Å². The van der Waals surface area contributed by atoms with Crippen LogP contribution >= 0.6 is 0 Å². The number of aromatic nitrogens is 1. The molecule has 0 amide bonds. The lowest BCUT2D eigenvalue weighted by atomic mass is 10.1. The molecule has 0 aliphatic carbocycles. The van der Waals surface area contributed by atoms with E-state index in [1.54, 1.807) is 6.92 Å². The van der Waals surface area contributed by atoms with Gasteiger partial charge in [0.1, 0.15) is 10.6 Å². The zero-order chi connectivity index (χ0) is 18.7. The van der Waals surface area contributed by atoms with Gasteiger partial charge in [0.05, 0.1) is 5.69 Å². The van der Waals surface area contributed by atoms with E-state index in [9.17, 15) is 17.2 Å². The highest BCUT2D eigenvalue weighted by molar-refractivity contribution is 7.89. The average molecular weight is 389 g/mol. The summed E-state index contributed by atoms with van der Waals surface area (Å²) in [5.41, 5.74) is -0.181. The van der Waals surface area contributed by atoms with E-state index in [4.69, 9.17) is 4.74 Å². The van der Waals surface area contributed by atoms with Gasteiger partial charge in [0.15, 0.2) is 0 Å². The molecular weight excluding hydrogens is 364 g/mol. The molecule has 2 aliphatic heterocycles. The number of piperazine rings is 1. The zero-order valence-electron chi connectivity index (χ0n) is 14.9. The number of ether oxygens (including phenoxy) is 1. The first-order chi connectivity index (χ1) is 12.4. The summed E-state index contributed by atoms with van der Waals surface area (Å²) in [4.78, 5) is 6.23. The maximum absolute atomic E-state index is 13.0. The number of alkyl halides is 2. The lowest BCUT2D eigenvalue weighted by Crippen LogP contribution is -2.53. The molecule has 0 bridgehead atoms. The van der Waals surface area contributed by atoms with Crippen molar-refractivity contribution in [1.82, 2.24) is 14.2 Å². The lowest BCUT2D eigenvalue weighted by molar-refractivity contribution is 0.0229. The zero-order valence-corrected chi connectivity index (χ0v) is 15.7. The molecule has 6 nitrogen and oxygen atoms in total. The molecule has 1 aromatic rings. The van der Waals surface area contributed by atoms with Crippen molar-refractivity contribution >= 4 is 10.0 Å². The van der Waals surface area contributed by atoms with Crippen LogP contribution in [0.1, 0.15) is 37.6 Å². The van der Waals surface area contributed by atoms with E-state index in [-0.39, 0.29) is 22.7 Å². The summed E-state index contributed by atoms with van der Waals surface area (Å²) >= 11 is 0. The van der Waals surface area contributed by atoms with Gasteiger partial charge < -0.3 is 4.74 Å². The second-order valence-electron chi connectivity index (χ2n) is 6.62. The van der Waals surface area contributed by atoms with Gasteiger partial charge in [-0.2, -0.15) is 4.31 Å². The van der Waals surface area contributed by atoms with Gasteiger partial charge in [0.2, 0.25) is 10.0 Å². The number of halogens is 2. The fourth-order valence-corrected chi connectivity index (χ4v) is 5.26. The van der Waals surface area contributed by atoms with E-state index >= 15 is 0 Å². The molecule has 1 aromatic heterocycles. The molecule has 0 aromatic carbocycles. The molecule has 0 atom stereocenters. The Labute approximate surface area is 153 Å². The normalized spacial score (nSPS) is 21.4. The van der Waals surface area contributed by atoms with Gasteiger partial charge in [-0.15, -0.1) is 0 Å². The van der Waals surface area contributed by atoms with Crippen LogP contribution in [0.2, 0.25) is 0 Å². The van der Waals surface area contributed by atoms with Gasteiger partial charge in [0.25, 0.3) is 6.43 Å². The highest BCUT2D eigenvalue weighted by atomic mass is 32.2. The molecule has 0 spiro atoms. The summed E-state index contributed by atoms with van der Waals surface area (Å²) in [6.07, 6.45) is -0.464. The number of aryl methyl sites for hydroxylation is 1. The Morgan fingerprint density at radius 1 is 1.19 bits per heavy atom. The van der Waals surface area contributed by atoms with Crippen LogP contribution in [-0.4, -0.2) is 68.0 Å². The van der Waals surface area contributed by atoms with Crippen molar-refractivity contribution in [2.75, 3.05) is 39.4 Å². The summed E-state index contributed by atoms with van der Waals surface area (Å²) in [6, 6.07) is 2.83. The minimum atomic E-state index is -3.73. The van der Waals surface area contributed by atoms with Crippen molar-refractivity contribution in [2.45, 2.75) is 43.5 Å². The Kier molecular flexibility index (Phi) is 6.21. The molecule has 0 N–H and O–H groups in total. The second kappa shape index (κ2) is 8.24. The van der Waals surface area contributed by atoms with Gasteiger partial charge in [-0.05, 0) is 31.4 Å². The van der Waals surface area contributed by atoms with Crippen LogP contribution in [0.4, 0.5) is 8.78 Å². The third kappa shape index (κ3) is 4.05. The third-order valence-electron chi connectivity index (χ3n) is 5.11. The molecule has 2 fully saturated rings. The van der Waals surface area contributed by atoms with Crippen molar-refractivity contribution in [3.05, 3.63) is 23.5 Å². The first kappa shape index (κ1) is 19.6. The van der Waals surface area contributed by atoms with Gasteiger partial charge in [-0.1, -0.05) is 6.92 Å². The van der Waals surface area contributed by atoms with Crippen LogP contribution in [0.25, 0.3) is 0 Å². The van der Waals surface area contributed by atoms with Gasteiger partial charge >= 0.3 is 0 Å². The predicted molar refractivity (Wildman–Crippen MR) is 92.7 cm³/mol. The summed E-state index contributed by atoms with van der Waals surface area (Å²) < 4.78 is 58.5. The molecular formula is C17H25F2N3O3S. The first-order valence-electron chi connectivity index (χ1n) is 9.03. The van der Waals surface area contributed by atoms with Crippen LogP contribution in [0, 0.1) is 0 Å². The molecule has 0 saturated carbocycles. The van der Waals surface area contributed by atoms with E-state index in [0.29, 0.717) is 32.2 Å². The van der Waals surface area contributed by atoms with Crippen molar-refractivity contribution < 1.29 is 21.9 Å². The van der Waals surface area contributed by atoms with E-state index in [1.807, 2.05) is 0 Å². The first-order valence-corrected chi connectivity index (χ1v) is 10.5. The maximum atomic E-state index is 13.0. The van der Waals surface area contributed by atoms with Crippen LogP contribution in [0.5, 0.6) is 0 Å². The van der Waals surface area contributed by atoms with E-state index in [2.05, 4.69) is 9.88 Å². The van der Waals surface area contributed by atoms with Crippen LogP contribution in [0.3, 0.4) is 0 Å². The number of pyridine rings is 1. The fraction of sp³-hybridized carbons (Fsp3) is 0.706. The molecule has 2 saturated heterocycles. The molecule has 26 heavy (non-hydrogen) atoms. The number of sulfonamides is 1. The van der Waals surface area contributed by atoms with E-state index < -0.39 is 16.4 Å². The molecule has 3 rings (SSSR count). The third-order valence-corrected chi connectivity index (χ3v) is 7.08. The Balaban J connectivity index is 1.73. The standard InChI is InChI=1S/C17H25F2N3O3S/c1-2-14-16(4-3-15(20-14)17(18)19)26(23,24)22-9-7-21(8-10-22)13-5-11-25-12-6-13/h3-4,13,17H,2,5-12H2,1H3. The van der Waals surface area contributed by atoms with Crippen molar-refractivity contribution in [3.63, 3.8) is 0 Å². The van der Waals surface area contributed by atoms with Gasteiger partial charge in [-0.3, -0.25) is 9.88 Å². The largest absolute Gasteiger partial charge is 0.381 e. The quantitative estimate of drug-likeness (QED) is 0.772. The molecule has 146 valence electrons. The summed E-state index contributed by atoms with van der Waals surface area (Å²) in [5.74, 6) is 0. The molecule has 2 aliphatic rings. The Morgan fingerprint density at radius 3 is 2.42 bits per heavy atom. The van der Waals surface area contributed by atoms with Crippen molar-refractivity contribution in [1.29, 1.82) is 0 Å². The smallest absolute Gasteiger partial charge is 0.280 e. The monoisotopic (exact) mass is 389 g/mol. The minimum absolute atomic E-state index is 0.0453. The summed E-state index contributed by atoms with van der Waals surface area (Å²) in [7, 11) is -3.73. The predicted octanol–water partition coefficient (Wildman–Crippen LogP) is 2.07. The molecule has 9 heteroatoms. The Morgan fingerprint density at radius 2 is 1.85 bits per heavy atom. The van der Waals surface area contributed by atoms with E-state index in [0.717, 1.165) is 32.1 Å². The van der Waals surface area contributed by atoms with E-state index in [1.165, 1.54) is 10.4 Å². The summed E-state index contributed by atoms with van der Waals surface area (Å²) in [6.45, 7) is 5.39. The number of rotatable bonds is 5. The van der Waals surface area contributed by atoms with Gasteiger partial charge in [0, 0.05) is 45.4 Å². The molecule has 0 unspecified atom stereocenters. The maximum Gasteiger partial charge on any atom is 0.280 e. The Bertz CT molecular complexity index is 716. The topological polar surface area (TPSA) is 62.7 Å². The number of nitrogens with zero attached hydrogens (tertiary/aromatic N) is 3. The number of hydrogen-bond acceptors (Lipinski definition) is 5. The van der Waals surface area contributed by atoms with Crippen LogP contribution in [0.15, 0.2) is 17.0 Å².